The number of fused-ring (bicyclic) bond motifs is 9. The van der Waals surface area contributed by atoms with E-state index in [0.717, 1.165) is 133 Å². The number of para-hydroxylation sites is 8. The molecule has 8 heteroatoms. The molecule has 0 fully saturated rings. The number of pyridine rings is 4. The molecule has 91 heavy (non-hydrogen) atoms. The Morgan fingerprint density at radius 2 is 0.571 bits per heavy atom. The van der Waals surface area contributed by atoms with Gasteiger partial charge in [0, 0.05) is 107 Å². The summed E-state index contributed by atoms with van der Waals surface area (Å²) in [5.74, 6) is 0. The number of benzene rings is 12. The van der Waals surface area contributed by atoms with Gasteiger partial charge in [0.25, 0.3) is 0 Å². The Morgan fingerprint density at radius 1 is 0.242 bits per heavy atom. The van der Waals surface area contributed by atoms with Gasteiger partial charge < -0.3 is 19.6 Å². The lowest BCUT2D eigenvalue weighted by Crippen LogP contribution is -2.18. The molecule has 0 aliphatic heterocycles. The van der Waals surface area contributed by atoms with Gasteiger partial charge in [-0.25, -0.2) is 0 Å². The van der Waals surface area contributed by atoms with Crippen LogP contribution in [0.1, 0.15) is 25.0 Å². The Labute approximate surface area is 527 Å². The van der Waals surface area contributed by atoms with Gasteiger partial charge in [-0.3, -0.25) is 19.9 Å². The fourth-order valence-corrected chi connectivity index (χ4v) is 14.2. The average Bonchev–Trinajstić information content (AvgIpc) is 1.88. The number of aromatic nitrogens is 4. The highest BCUT2D eigenvalue weighted by Gasteiger charge is 2.39. The maximum Gasteiger partial charge on any atom is 0.0942 e. The molecule has 17 rings (SSSR count). The maximum absolute atomic E-state index is 5.23. The van der Waals surface area contributed by atoms with Crippen molar-refractivity contribution in [3.63, 3.8) is 0 Å². The molecule has 0 saturated heterocycles. The quantitative estimate of drug-likeness (QED) is 0.0886. The summed E-state index contributed by atoms with van der Waals surface area (Å²) >= 11 is 0. The Morgan fingerprint density at radius 3 is 1.00 bits per heavy atom. The van der Waals surface area contributed by atoms with E-state index < -0.39 is 5.41 Å². The summed E-state index contributed by atoms with van der Waals surface area (Å²) in [6, 6.07) is 105. The van der Waals surface area contributed by atoms with Crippen LogP contribution in [0.4, 0.5) is 68.2 Å². The first kappa shape index (κ1) is 53.3. The van der Waals surface area contributed by atoms with Crippen LogP contribution in [0, 0.1) is 0 Å². The van der Waals surface area contributed by atoms with Gasteiger partial charge in [0.2, 0.25) is 0 Å². The van der Waals surface area contributed by atoms with E-state index in [-0.39, 0.29) is 0 Å². The Kier molecular flexibility index (Phi) is 12.7. The molecule has 0 radical (unpaired) electrons. The fraction of sp³-hybridized carbons (Fsp3) is 0.0361. The van der Waals surface area contributed by atoms with E-state index in [4.69, 9.17) is 19.9 Å². The number of anilines is 12. The number of hydrogen-bond acceptors (Lipinski definition) is 8. The first-order chi connectivity index (χ1) is 44.9. The van der Waals surface area contributed by atoms with E-state index >= 15 is 0 Å². The number of nitrogens with zero attached hydrogens (tertiary/aromatic N) is 8. The highest BCUT2D eigenvalue weighted by Crippen LogP contribution is 2.59. The van der Waals surface area contributed by atoms with Crippen LogP contribution in [0.5, 0.6) is 0 Å². The molecule has 430 valence electrons. The van der Waals surface area contributed by atoms with Gasteiger partial charge in [0.15, 0.2) is 0 Å². The van der Waals surface area contributed by atoms with Crippen LogP contribution in [0.25, 0.3) is 76.3 Å². The summed E-state index contributed by atoms with van der Waals surface area (Å²) in [6.45, 7) is 4.80. The van der Waals surface area contributed by atoms with Crippen molar-refractivity contribution >= 4 is 133 Å². The zero-order valence-electron chi connectivity index (χ0n) is 50.1. The van der Waals surface area contributed by atoms with E-state index in [1.807, 2.05) is 49.1 Å². The minimum atomic E-state index is -0.482. The predicted molar refractivity (Wildman–Crippen MR) is 379 cm³/mol. The molecule has 0 bridgehead atoms. The first-order valence-corrected chi connectivity index (χ1v) is 30.9. The van der Waals surface area contributed by atoms with Crippen molar-refractivity contribution in [1.82, 2.24) is 19.9 Å². The third-order valence-corrected chi connectivity index (χ3v) is 18.3. The molecule has 0 spiro atoms. The topological polar surface area (TPSA) is 64.5 Å². The lowest BCUT2D eigenvalue weighted by Gasteiger charge is -2.34. The molecular formula is C83H58N8. The molecule has 1 aliphatic rings. The molecule has 8 nitrogen and oxygen atoms in total. The van der Waals surface area contributed by atoms with Gasteiger partial charge in [-0.05, 0) is 156 Å². The Bertz CT molecular complexity index is 5470. The van der Waals surface area contributed by atoms with Gasteiger partial charge in [0.1, 0.15) is 0 Å². The van der Waals surface area contributed by atoms with Crippen LogP contribution in [-0.4, -0.2) is 19.9 Å². The molecule has 0 unspecified atom stereocenters. The van der Waals surface area contributed by atoms with E-state index in [1.165, 1.54) is 22.3 Å². The molecular weight excluding hydrogens is 1110 g/mol. The van der Waals surface area contributed by atoms with E-state index in [2.05, 4.69) is 300 Å². The van der Waals surface area contributed by atoms with Crippen LogP contribution in [-0.2, 0) is 5.41 Å². The summed E-state index contributed by atoms with van der Waals surface area (Å²) in [5, 5.41) is 8.42. The van der Waals surface area contributed by atoms with Crippen molar-refractivity contribution in [2.75, 3.05) is 19.6 Å². The molecule has 0 N–H and O–H groups in total. The lowest BCUT2D eigenvalue weighted by atomic mass is 9.81. The monoisotopic (exact) mass is 1170 g/mol. The van der Waals surface area contributed by atoms with Crippen molar-refractivity contribution in [3.05, 3.63) is 327 Å². The van der Waals surface area contributed by atoms with Gasteiger partial charge in [0.05, 0.1) is 56.2 Å². The van der Waals surface area contributed by atoms with E-state index in [0.29, 0.717) is 0 Å². The third-order valence-electron chi connectivity index (χ3n) is 18.3. The highest BCUT2D eigenvalue weighted by molar-refractivity contribution is 6.26. The van der Waals surface area contributed by atoms with Crippen LogP contribution in [0.3, 0.4) is 0 Å². The molecule has 0 saturated carbocycles. The average molecular weight is 1170 g/mol. The summed E-state index contributed by atoms with van der Waals surface area (Å²) in [7, 11) is 0. The van der Waals surface area contributed by atoms with Crippen LogP contribution in [0.2, 0.25) is 0 Å². The summed E-state index contributed by atoms with van der Waals surface area (Å²) in [6.07, 6.45) is 7.60. The summed E-state index contributed by atoms with van der Waals surface area (Å²) in [4.78, 5) is 30.2. The van der Waals surface area contributed by atoms with Crippen LogP contribution < -0.4 is 19.6 Å². The van der Waals surface area contributed by atoms with Gasteiger partial charge in [-0.1, -0.05) is 172 Å². The maximum atomic E-state index is 5.23. The molecule has 4 heterocycles. The minimum Gasteiger partial charge on any atom is -0.308 e. The zero-order valence-corrected chi connectivity index (χ0v) is 50.1. The van der Waals surface area contributed by atoms with Crippen molar-refractivity contribution in [3.8, 4) is 11.1 Å². The second-order valence-electron chi connectivity index (χ2n) is 23.8. The summed E-state index contributed by atoms with van der Waals surface area (Å²) in [5.41, 5.74) is 20.0. The number of hydrogen-bond donors (Lipinski definition) is 0. The smallest absolute Gasteiger partial charge is 0.0942 e. The fourth-order valence-electron chi connectivity index (χ4n) is 14.2. The van der Waals surface area contributed by atoms with Crippen LogP contribution in [0.15, 0.2) is 316 Å². The molecule has 16 aromatic rings. The number of rotatable bonds is 12. The van der Waals surface area contributed by atoms with E-state index in [9.17, 15) is 0 Å². The minimum absolute atomic E-state index is 0.482. The third kappa shape index (κ3) is 8.82. The molecule has 0 atom stereocenters. The largest absolute Gasteiger partial charge is 0.308 e. The highest BCUT2D eigenvalue weighted by atomic mass is 15.2. The standard InChI is InChI=1S/C83H58N8/c1-83(2)71-52-64(89(60-33-9-4-10-34-60)74-40-16-24-56-28-20-48-85-78(56)74)43-45-65(71)67-53-69-70(54-72(67)83)81(90(61-35-11-5-12-36-61)75-41-17-25-57-29-21-49-86-79(57)75)66-46-44-63(88(59-31-7-3-8-32-59)73-39-15-23-55-27-19-47-84-77(55)73)51-68(66)82(69)91(62-37-13-6-14-38-62)76-42-18-26-58-30-22-50-87-80(58)76/h3-54H,1-2H3. The normalized spacial score (nSPS) is 12.4. The Balaban J connectivity index is 1.03. The predicted octanol–water partition coefficient (Wildman–Crippen LogP) is 22.4. The molecule has 4 aromatic heterocycles. The first-order valence-electron chi connectivity index (χ1n) is 30.9. The lowest BCUT2D eigenvalue weighted by molar-refractivity contribution is 0.661. The summed E-state index contributed by atoms with van der Waals surface area (Å²) < 4.78 is 0. The Hall–Kier alpha value is -12.0. The van der Waals surface area contributed by atoms with Gasteiger partial charge >= 0.3 is 0 Å². The second-order valence-corrected chi connectivity index (χ2v) is 23.8. The van der Waals surface area contributed by atoms with Crippen molar-refractivity contribution < 1.29 is 0 Å². The van der Waals surface area contributed by atoms with Gasteiger partial charge in [-0.15, -0.1) is 0 Å². The van der Waals surface area contributed by atoms with Crippen molar-refractivity contribution in [2.24, 2.45) is 0 Å². The SMILES string of the molecule is CC1(C)c2cc(N(c3ccccc3)c3cccc4cccnc34)ccc2-c2cc3c(N(c4ccccc4)c4cccc5cccnc45)c4cc(N(c5ccccc5)c5cccc6cccnc56)ccc4c(N(c4ccccc4)c4cccc5cccnc45)c3cc21. The molecule has 1 aliphatic carbocycles. The van der Waals surface area contributed by atoms with E-state index in [1.54, 1.807) is 0 Å². The van der Waals surface area contributed by atoms with Crippen LogP contribution >= 0.6 is 0 Å². The van der Waals surface area contributed by atoms with Crippen molar-refractivity contribution in [1.29, 1.82) is 0 Å². The second kappa shape index (κ2) is 21.7. The van der Waals surface area contributed by atoms with Crippen molar-refractivity contribution in [2.45, 2.75) is 19.3 Å². The molecule has 12 aromatic carbocycles. The zero-order chi connectivity index (χ0) is 60.6. The molecule has 0 amide bonds. The van der Waals surface area contributed by atoms with Gasteiger partial charge in [-0.2, -0.15) is 0 Å².